The van der Waals surface area contributed by atoms with Crippen LogP contribution in [0.4, 0.5) is 8.78 Å². The number of benzene rings is 2. The molecular formula is C18H16ClF2NO3. The maximum Gasteiger partial charge on any atom is 0.387 e. The Balaban J connectivity index is 1.54. The molecular weight excluding hydrogens is 352 g/mol. The topological polar surface area (TPSA) is 47.6 Å². The van der Waals surface area contributed by atoms with Crippen LogP contribution in [-0.2, 0) is 17.8 Å². The van der Waals surface area contributed by atoms with Gasteiger partial charge in [0.25, 0.3) is 0 Å². The lowest BCUT2D eigenvalue weighted by atomic mass is 9.96. The molecule has 2 aromatic carbocycles. The molecule has 7 heteroatoms. The van der Waals surface area contributed by atoms with Crippen molar-refractivity contribution in [2.75, 3.05) is 6.61 Å². The predicted octanol–water partition coefficient (Wildman–Crippen LogP) is 3.81. The van der Waals surface area contributed by atoms with Gasteiger partial charge in [-0.1, -0.05) is 23.7 Å². The van der Waals surface area contributed by atoms with Crippen molar-refractivity contribution >= 4 is 17.5 Å². The zero-order valence-corrected chi connectivity index (χ0v) is 13.9. The summed E-state index contributed by atoms with van der Waals surface area (Å²) in [5.74, 6) is 0.410. The third kappa shape index (κ3) is 4.60. The Hall–Kier alpha value is -2.34. The molecule has 0 aliphatic carbocycles. The van der Waals surface area contributed by atoms with Crippen LogP contribution in [0.15, 0.2) is 42.5 Å². The smallest absolute Gasteiger partial charge is 0.387 e. The number of nitrogens with one attached hydrogen (secondary N) is 1. The van der Waals surface area contributed by atoms with E-state index < -0.39 is 6.61 Å². The van der Waals surface area contributed by atoms with E-state index in [1.165, 1.54) is 12.1 Å². The lowest BCUT2D eigenvalue weighted by Gasteiger charge is -2.24. The van der Waals surface area contributed by atoms with Crippen LogP contribution in [0.5, 0.6) is 11.5 Å². The van der Waals surface area contributed by atoms with Gasteiger partial charge < -0.3 is 14.8 Å². The first kappa shape index (κ1) is 17.5. The Morgan fingerprint density at radius 1 is 1.28 bits per heavy atom. The summed E-state index contributed by atoms with van der Waals surface area (Å²) >= 11 is 5.98. The summed E-state index contributed by atoms with van der Waals surface area (Å²) in [4.78, 5) is 12.3. The molecule has 1 unspecified atom stereocenters. The number of rotatable bonds is 5. The van der Waals surface area contributed by atoms with Gasteiger partial charge in [0.1, 0.15) is 18.1 Å². The molecule has 0 saturated heterocycles. The van der Waals surface area contributed by atoms with Gasteiger partial charge in [-0.05, 0) is 47.9 Å². The molecule has 1 aliphatic rings. The molecule has 0 saturated carbocycles. The molecule has 1 atom stereocenters. The van der Waals surface area contributed by atoms with Crippen molar-refractivity contribution in [1.82, 2.24) is 5.32 Å². The lowest BCUT2D eigenvalue weighted by Crippen LogP contribution is -2.37. The molecule has 132 valence electrons. The number of ether oxygens (including phenoxy) is 2. The van der Waals surface area contributed by atoms with Crippen LogP contribution in [0, 0.1) is 5.92 Å². The van der Waals surface area contributed by atoms with E-state index in [1.54, 1.807) is 30.3 Å². The Bertz CT molecular complexity index is 752. The van der Waals surface area contributed by atoms with Gasteiger partial charge in [-0.2, -0.15) is 8.78 Å². The van der Waals surface area contributed by atoms with E-state index in [0.29, 0.717) is 24.6 Å². The van der Waals surface area contributed by atoms with Gasteiger partial charge in [-0.25, -0.2) is 0 Å². The van der Waals surface area contributed by atoms with Crippen LogP contribution in [-0.4, -0.2) is 19.1 Å². The minimum absolute atomic E-state index is 0.0826. The van der Waals surface area contributed by atoms with Crippen molar-refractivity contribution < 1.29 is 23.0 Å². The molecule has 0 bridgehead atoms. The maximum atomic E-state index is 12.3. The van der Waals surface area contributed by atoms with Crippen molar-refractivity contribution in [3.05, 3.63) is 58.6 Å². The molecule has 0 radical (unpaired) electrons. The Morgan fingerprint density at radius 3 is 2.76 bits per heavy atom. The SMILES string of the molecule is O=C(NCc1ccc(OC(F)F)cc1)C1COc2ccc(Cl)cc2C1. The number of amides is 1. The van der Waals surface area contributed by atoms with E-state index in [4.69, 9.17) is 16.3 Å². The van der Waals surface area contributed by atoms with E-state index >= 15 is 0 Å². The fourth-order valence-electron chi connectivity index (χ4n) is 2.65. The molecule has 1 aliphatic heterocycles. The van der Waals surface area contributed by atoms with Gasteiger partial charge in [0.2, 0.25) is 5.91 Å². The lowest BCUT2D eigenvalue weighted by molar-refractivity contribution is -0.126. The molecule has 0 spiro atoms. The van der Waals surface area contributed by atoms with E-state index in [0.717, 1.165) is 16.9 Å². The second-order valence-corrected chi connectivity index (χ2v) is 6.14. The molecule has 0 fully saturated rings. The minimum Gasteiger partial charge on any atom is -0.492 e. The zero-order chi connectivity index (χ0) is 17.8. The van der Waals surface area contributed by atoms with Crippen LogP contribution >= 0.6 is 11.6 Å². The van der Waals surface area contributed by atoms with Crippen molar-refractivity contribution in [2.45, 2.75) is 19.6 Å². The second-order valence-electron chi connectivity index (χ2n) is 5.70. The van der Waals surface area contributed by atoms with Gasteiger partial charge >= 0.3 is 6.61 Å². The minimum atomic E-state index is -2.85. The predicted molar refractivity (Wildman–Crippen MR) is 89.1 cm³/mol. The summed E-state index contributed by atoms with van der Waals surface area (Å²) in [6, 6.07) is 11.5. The summed E-state index contributed by atoms with van der Waals surface area (Å²) in [7, 11) is 0. The van der Waals surface area contributed by atoms with Gasteiger partial charge in [0.05, 0.1) is 5.92 Å². The average Bonchev–Trinajstić information content (AvgIpc) is 2.59. The summed E-state index contributed by atoms with van der Waals surface area (Å²) in [5, 5.41) is 3.44. The number of halogens is 3. The molecule has 1 heterocycles. The molecule has 1 N–H and O–H groups in total. The Labute approximate surface area is 148 Å². The third-order valence-electron chi connectivity index (χ3n) is 3.91. The molecule has 0 aromatic heterocycles. The molecule has 25 heavy (non-hydrogen) atoms. The van der Waals surface area contributed by atoms with Gasteiger partial charge in [0.15, 0.2) is 0 Å². The molecule has 2 aromatic rings. The van der Waals surface area contributed by atoms with Crippen LogP contribution in [0.25, 0.3) is 0 Å². The van der Waals surface area contributed by atoms with Gasteiger partial charge in [-0.15, -0.1) is 0 Å². The van der Waals surface area contributed by atoms with Crippen LogP contribution in [0.2, 0.25) is 5.02 Å². The van der Waals surface area contributed by atoms with Crippen molar-refractivity contribution in [3.8, 4) is 11.5 Å². The first-order chi connectivity index (χ1) is 12.0. The first-order valence-corrected chi connectivity index (χ1v) is 8.12. The van der Waals surface area contributed by atoms with E-state index in [1.807, 2.05) is 0 Å². The highest BCUT2D eigenvalue weighted by molar-refractivity contribution is 6.30. The van der Waals surface area contributed by atoms with Crippen molar-refractivity contribution in [1.29, 1.82) is 0 Å². The standard InChI is InChI=1S/C18H16ClF2NO3/c19-14-3-6-16-12(8-14)7-13(10-24-16)17(23)22-9-11-1-4-15(5-2-11)25-18(20)21/h1-6,8,13,18H,7,9-10H2,(H,22,23). The van der Waals surface area contributed by atoms with Crippen molar-refractivity contribution in [3.63, 3.8) is 0 Å². The number of alkyl halides is 2. The highest BCUT2D eigenvalue weighted by atomic mass is 35.5. The zero-order valence-electron chi connectivity index (χ0n) is 13.2. The first-order valence-electron chi connectivity index (χ1n) is 7.74. The summed E-state index contributed by atoms with van der Waals surface area (Å²) < 4.78 is 34.1. The number of hydrogen-bond acceptors (Lipinski definition) is 3. The van der Waals surface area contributed by atoms with Crippen LogP contribution < -0.4 is 14.8 Å². The quantitative estimate of drug-likeness (QED) is 0.874. The monoisotopic (exact) mass is 367 g/mol. The van der Waals surface area contributed by atoms with E-state index in [2.05, 4.69) is 10.1 Å². The number of fused-ring (bicyclic) bond motifs is 1. The van der Waals surface area contributed by atoms with Gasteiger partial charge in [-0.3, -0.25) is 4.79 Å². The molecule has 3 rings (SSSR count). The average molecular weight is 368 g/mol. The fraction of sp³-hybridized carbons (Fsp3) is 0.278. The third-order valence-corrected chi connectivity index (χ3v) is 4.15. The molecule has 1 amide bonds. The largest absolute Gasteiger partial charge is 0.492 e. The highest BCUT2D eigenvalue weighted by Gasteiger charge is 2.26. The highest BCUT2D eigenvalue weighted by Crippen LogP contribution is 2.29. The van der Waals surface area contributed by atoms with E-state index in [9.17, 15) is 13.6 Å². The number of hydrogen-bond donors (Lipinski definition) is 1. The maximum absolute atomic E-state index is 12.3. The van der Waals surface area contributed by atoms with Crippen LogP contribution in [0.1, 0.15) is 11.1 Å². The van der Waals surface area contributed by atoms with E-state index in [-0.39, 0.29) is 17.6 Å². The van der Waals surface area contributed by atoms with Crippen LogP contribution in [0.3, 0.4) is 0 Å². The molecule has 4 nitrogen and oxygen atoms in total. The number of carbonyl (C=O) groups is 1. The second kappa shape index (κ2) is 7.70. The van der Waals surface area contributed by atoms with Gasteiger partial charge in [0, 0.05) is 11.6 Å². The number of carbonyl (C=O) groups excluding carboxylic acids is 1. The summed E-state index contributed by atoms with van der Waals surface area (Å²) in [6.45, 7) is -2.25. The Kier molecular flexibility index (Phi) is 5.38. The Morgan fingerprint density at radius 2 is 2.04 bits per heavy atom. The summed E-state index contributed by atoms with van der Waals surface area (Å²) in [5.41, 5.74) is 1.70. The fourth-order valence-corrected chi connectivity index (χ4v) is 2.85. The van der Waals surface area contributed by atoms with Crippen molar-refractivity contribution in [2.24, 2.45) is 5.92 Å². The summed E-state index contributed by atoms with van der Waals surface area (Å²) in [6.07, 6.45) is 0.558. The normalized spacial score (nSPS) is 16.1.